The first-order valence-corrected chi connectivity index (χ1v) is 5.61. The Bertz CT molecular complexity index is 401. The lowest BCUT2D eigenvalue weighted by molar-refractivity contribution is -0.119. The fourth-order valence-electron chi connectivity index (χ4n) is 2.20. The molecule has 0 aromatic heterocycles. The maximum absolute atomic E-state index is 12.4. The van der Waals surface area contributed by atoms with Crippen molar-refractivity contribution in [3.05, 3.63) is 23.8 Å². The summed E-state index contributed by atoms with van der Waals surface area (Å²) in [5.41, 5.74) is 2.63. The van der Waals surface area contributed by atoms with E-state index in [4.69, 9.17) is 0 Å². The zero-order chi connectivity index (χ0) is 12.5. The summed E-state index contributed by atoms with van der Waals surface area (Å²) in [6, 6.07) is 5.45. The van der Waals surface area contributed by atoms with Gasteiger partial charge >= 0.3 is 6.18 Å². The lowest BCUT2D eigenvalue weighted by atomic mass is 10.0. The quantitative estimate of drug-likeness (QED) is 0.860. The van der Waals surface area contributed by atoms with Crippen molar-refractivity contribution in [2.75, 3.05) is 30.4 Å². The highest BCUT2D eigenvalue weighted by atomic mass is 19.4. The molecule has 1 aliphatic rings. The van der Waals surface area contributed by atoms with Crippen LogP contribution in [0, 0.1) is 0 Å². The van der Waals surface area contributed by atoms with Crippen LogP contribution in [0.4, 0.5) is 24.5 Å². The number of alkyl halides is 3. The number of hydrogen-bond donors (Lipinski definition) is 1. The Kier molecular flexibility index (Phi) is 3.17. The summed E-state index contributed by atoms with van der Waals surface area (Å²) in [6.45, 7) is -0.0249. The summed E-state index contributed by atoms with van der Waals surface area (Å²) in [6.07, 6.45) is -2.37. The van der Waals surface area contributed by atoms with Crippen molar-refractivity contribution >= 4 is 11.4 Å². The molecule has 0 fully saturated rings. The third-order valence-corrected chi connectivity index (χ3v) is 2.90. The average Bonchev–Trinajstić information content (AvgIpc) is 2.26. The number of halogens is 3. The summed E-state index contributed by atoms with van der Waals surface area (Å²) in [5, 5.41) is 3.21. The van der Waals surface area contributed by atoms with E-state index in [-0.39, 0.29) is 0 Å². The molecule has 0 saturated carbocycles. The molecule has 0 unspecified atom stereocenters. The average molecular weight is 244 g/mol. The SMILES string of the molecule is CN(CC(F)(F)F)c1cccc2c1CCCN2. The van der Waals surface area contributed by atoms with Crippen LogP contribution in [-0.2, 0) is 6.42 Å². The van der Waals surface area contributed by atoms with E-state index in [0.29, 0.717) is 5.69 Å². The van der Waals surface area contributed by atoms with Crippen molar-refractivity contribution in [1.29, 1.82) is 0 Å². The maximum atomic E-state index is 12.4. The van der Waals surface area contributed by atoms with Gasteiger partial charge in [0, 0.05) is 25.0 Å². The Morgan fingerprint density at radius 2 is 2.12 bits per heavy atom. The minimum Gasteiger partial charge on any atom is -0.385 e. The molecule has 0 aliphatic carbocycles. The highest BCUT2D eigenvalue weighted by Crippen LogP contribution is 2.32. The first-order valence-electron chi connectivity index (χ1n) is 5.61. The molecule has 1 N–H and O–H groups in total. The molecule has 1 heterocycles. The minimum absolute atomic E-state index is 0.673. The van der Waals surface area contributed by atoms with Gasteiger partial charge < -0.3 is 10.2 Å². The van der Waals surface area contributed by atoms with Crippen LogP contribution < -0.4 is 10.2 Å². The van der Waals surface area contributed by atoms with Crippen molar-refractivity contribution in [1.82, 2.24) is 0 Å². The van der Waals surface area contributed by atoms with Gasteiger partial charge in [0.1, 0.15) is 6.54 Å². The molecule has 0 radical (unpaired) electrons. The predicted molar refractivity (Wildman–Crippen MR) is 62.6 cm³/mol. The second-order valence-corrected chi connectivity index (χ2v) is 4.30. The molecule has 0 amide bonds. The molecule has 0 atom stereocenters. The molecule has 0 spiro atoms. The minimum atomic E-state index is -4.17. The lowest BCUT2D eigenvalue weighted by Gasteiger charge is -2.27. The molecular weight excluding hydrogens is 229 g/mol. The van der Waals surface area contributed by atoms with Crippen molar-refractivity contribution < 1.29 is 13.2 Å². The molecule has 94 valence electrons. The number of hydrogen-bond acceptors (Lipinski definition) is 2. The number of fused-ring (bicyclic) bond motifs is 1. The van der Waals surface area contributed by atoms with Crippen LogP contribution in [-0.4, -0.2) is 26.3 Å². The summed E-state index contributed by atoms with van der Waals surface area (Å²) in [7, 11) is 1.48. The predicted octanol–water partition coefficient (Wildman–Crippen LogP) is 3.04. The third kappa shape index (κ3) is 2.84. The molecule has 1 aromatic rings. The molecule has 0 bridgehead atoms. The van der Waals surface area contributed by atoms with E-state index in [1.54, 1.807) is 12.1 Å². The van der Waals surface area contributed by atoms with E-state index in [2.05, 4.69) is 5.32 Å². The van der Waals surface area contributed by atoms with Gasteiger partial charge in [-0.05, 0) is 30.5 Å². The van der Waals surface area contributed by atoms with Crippen LogP contribution in [0.25, 0.3) is 0 Å². The fourth-order valence-corrected chi connectivity index (χ4v) is 2.20. The second kappa shape index (κ2) is 4.47. The van der Waals surface area contributed by atoms with E-state index in [9.17, 15) is 13.2 Å². The van der Waals surface area contributed by atoms with E-state index in [1.165, 1.54) is 11.9 Å². The second-order valence-electron chi connectivity index (χ2n) is 4.30. The van der Waals surface area contributed by atoms with Gasteiger partial charge in [-0.15, -0.1) is 0 Å². The number of nitrogens with one attached hydrogen (secondary N) is 1. The van der Waals surface area contributed by atoms with Gasteiger partial charge in [0.2, 0.25) is 0 Å². The summed E-state index contributed by atoms with van der Waals surface area (Å²) < 4.78 is 37.1. The molecule has 17 heavy (non-hydrogen) atoms. The van der Waals surface area contributed by atoms with E-state index >= 15 is 0 Å². The standard InChI is InChI=1S/C12H15F3N2/c1-17(8-12(13,14)15)11-6-2-5-10-9(11)4-3-7-16-10/h2,5-6,16H,3-4,7-8H2,1H3. The van der Waals surface area contributed by atoms with Crippen molar-refractivity contribution in [3.8, 4) is 0 Å². The van der Waals surface area contributed by atoms with Crippen molar-refractivity contribution in [2.24, 2.45) is 0 Å². The molecule has 1 aliphatic heterocycles. The Morgan fingerprint density at radius 1 is 1.35 bits per heavy atom. The smallest absolute Gasteiger partial charge is 0.385 e. The van der Waals surface area contributed by atoms with Gasteiger partial charge in [0.15, 0.2) is 0 Å². The topological polar surface area (TPSA) is 15.3 Å². The van der Waals surface area contributed by atoms with Gasteiger partial charge in [-0.3, -0.25) is 0 Å². The largest absolute Gasteiger partial charge is 0.405 e. The van der Waals surface area contributed by atoms with Crippen LogP contribution in [0.1, 0.15) is 12.0 Å². The first kappa shape index (κ1) is 12.1. The van der Waals surface area contributed by atoms with Crippen molar-refractivity contribution in [2.45, 2.75) is 19.0 Å². The van der Waals surface area contributed by atoms with Crippen LogP contribution in [0.15, 0.2) is 18.2 Å². The van der Waals surface area contributed by atoms with E-state index in [0.717, 1.165) is 30.6 Å². The maximum Gasteiger partial charge on any atom is 0.405 e. The summed E-state index contributed by atoms with van der Waals surface area (Å²) in [5.74, 6) is 0. The Hall–Kier alpha value is -1.39. The molecular formula is C12H15F3N2. The van der Waals surface area contributed by atoms with E-state index in [1.807, 2.05) is 6.07 Å². The fraction of sp³-hybridized carbons (Fsp3) is 0.500. The van der Waals surface area contributed by atoms with Gasteiger partial charge in [0.25, 0.3) is 0 Å². The third-order valence-electron chi connectivity index (χ3n) is 2.90. The van der Waals surface area contributed by atoms with Crippen molar-refractivity contribution in [3.63, 3.8) is 0 Å². The molecule has 1 aromatic carbocycles. The number of rotatable bonds is 2. The number of benzene rings is 1. The zero-order valence-electron chi connectivity index (χ0n) is 9.64. The molecule has 0 saturated heterocycles. The van der Waals surface area contributed by atoms with Crippen LogP contribution in [0.5, 0.6) is 0 Å². The Morgan fingerprint density at radius 3 is 2.82 bits per heavy atom. The van der Waals surface area contributed by atoms with Crippen LogP contribution in [0.3, 0.4) is 0 Å². The first-order chi connectivity index (χ1) is 7.97. The Balaban J connectivity index is 2.26. The summed E-state index contributed by atoms with van der Waals surface area (Å²) >= 11 is 0. The van der Waals surface area contributed by atoms with E-state index < -0.39 is 12.7 Å². The van der Waals surface area contributed by atoms with Crippen LogP contribution in [0.2, 0.25) is 0 Å². The van der Waals surface area contributed by atoms with Gasteiger partial charge in [0.05, 0.1) is 0 Å². The van der Waals surface area contributed by atoms with Gasteiger partial charge in [-0.25, -0.2) is 0 Å². The Labute approximate surface area is 98.4 Å². The van der Waals surface area contributed by atoms with Gasteiger partial charge in [-0.2, -0.15) is 13.2 Å². The normalized spacial score (nSPS) is 15.1. The highest BCUT2D eigenvalue weighted by Gasteiger charge is 2.30. The zero-order valence-corrected chi connectivity index (χ0v) is 9.64. The molecule has 2 nitrogen and oxygen atoms in total. The lowest BCUT2D eigenvalue weighted by Crippen LogP contribution is -2.32. The summed E-state index contributed by atoms with van der Waals surface area (Å²) in [4.78, 5) is 1.27. The molecule has 2 rings (SSSR count). The molecule has 5 heteroatoms. The number of nitrogens with zero attached hydrogens (tertiary/aromatic N) is 1. The highest BCUT2D eigenvalue weighted by molar-refractivity contribution is 5.67. The van der Waals surface area contributed by atoms with Gasteiger partial charge in [-0.1, -0.05) is 6.07 Å². The number of anilines is 2. The van der Waals surface area contributed by atoms with Crippen LogP contribution >= 0.6 is 0 Å². The monoisotopic (exact) mass is 244 g/mol.